The minimum atomic E-state index is 0.317. The summed E-state index contributed by atoms with van der Waals surface area (Å²) in [5.74, 6) is 2.78. The molecule has 0 saturated heterocycles. The van der Waals surface area contributed by atoms with E-state index in [0.717, 1.165) is 36.4 Å². The van der Waals surface area contributed by atoms with Crippen molar-refractivity contribution >= 4 is 15.9 Å². The molecule has 1 unspecified atom stereocenters. The lowest BCUT2D eigenvalue weighted by Crippen LogP contribution is -2.21. The van der Waals surface area contributed by atoms with Gasteiger partial charge in [0.15, 0.2) is 0 Å². The second-order valence-corrected chi connectivity index (χ2v) is 6.35. The number of aromatic nitrogens is 3. The zero-order valence-corrected chi connectivity index (χ0v) is 13.2. The molecule has 3 nitrogen and oxygen atoms in total. The van der Waals surface area contributed by atoms with Gasteiger partial charge in [-0.2, -0.15) is 0 Å². The third-order valence-electron chi connectivity index (χ3n) is 3.44. The lowest BCUT2D eigenvalue weighted by molar-refractivity contribution is 0.254. The predicted molar refractivity (Wildman–Crippen MR) is 75.3 cm³/mol. The molecule has 0 aliphatic carbocycles. The molecule has 0 saturated carbocycles. The number of nitrogens with zero attached hydrogens (tertiary/aromatic N) is 3. The molecule has 4 heteroatoms. The second-order valence-electron chi connectivity index (χ2n) is 5.79. The molecule has 0 radical (unpaired) electrons. The molecule has 0 N–H and O–H groups in total. The zero-order chi connectivity index (χ0) is 13.1. The summed E-state index contributed by atoms with van der Waals surface area (Å²) in [7, 11) is 0. The van der Waals surface area contributed by atoms with Crippen molar-refractivity contribution in [2.45, 2.75) is 59.3 Å². The number of alkyl halides is 1. The summed E-state index contributed by atoms with van der Waals surface area (Å²) in [6.07, 6.45) is 2.12. The number of rotatable bonds is 5. The van der Waals surface area contributed by atoms with E-state index in [1.165, 1.54) is 0 Å². The lowest BCUT2D eigenvalue weighted by Gasteiger charge is -2.27. The molecule has 1 rings (SSSR count). The van der Waals surface area contributed by atoms with Crippen LogP contribution >= 0.6 is 15.9 Å². The van der Waals surface area contributed by atoms with Gasteiger partial charge in [-0.25, -0.2) is 0 Å². The number of halogens is 1. The Morgan fingerprint density at radius 3 is 2.29 bits per heavy atom. The van der Waals surface area contributed by atoms with Gasteiger partial charge in [0, 0.05) is 13.0 Å². The Morgan fingerprint density at radius 2 is 1.82 bits per heavy atom. The van der Waals surface area contributed by atoms with E-state index in [-0.39, 0.29) is 0 Å². The number of hydrogen-bond acceptors (Lipinski definition) is 2. The van der Waals surface area contributed by atoms with Crippen LogP contribution in [0, 0.1) is 11.3 Å². The predicted octanol–water partition coefficient (Wildman–Crippen LogP) is 3.81. The van der Waals surface area contributed by atoms with Crippen LogP contribution in [0.4, 0.5) is 0 Å². The standard InChI is InChI=1S/C13H24BrN3/c1-6-7-17-11(15-16-12(17)9-14)8-10(2)13(3,4)5/h10H,6-9H2,1-5H3. The summed E-state index contributed by atoms with van der Waals surface area (Å²) in [6.45, 7) is 12.3. The molecule has 1 aromatic rings. The summed E-state index contributed by atoms with van der Waals surface area (Å²) >= 11 is 3.47. The highest BCUT2D eigenvalue weighted by molar-refractivity contribution is 9.08. The first kappa shape index (κ1) is 14.7. The Morgan fingerprint density at radius 1 is 1.24 bits per heavy atom. The average Bonchev–Trinajstić information content (AvgIpc) is 2.60. The molecule has 1 aromatic heterocycles. The largest absolute Gasteiger partial charge is 0.314 e. The van der Waals surface area contributed by atoms with E-state index >= 15 is 0 Å². The van der Waals surface area contributed by atoms with Gasteiger partial charge in [0.25, 0.3) is 0 Å². The molecule has 0 aromatic carbocycles. The fourth-order valence-electron chi connectivity index (χ4n) is 1.68. The van der Waals surface area contributed by atoms with Crippen molar-refractivity contribution in [2.75, 3.05) is 0 Å². The summed E-state index contributed by atoms with van der Waals surface area (Å²) in [4.78, 5) is 0. The van der Waals surface area contributed by atoms with Gasteiger partial charge in [0.05, 0.1) is 5.33 Å². The molecule has 0 bridgehead atoms. The zero-order valence-electron chi connectivity index (χ0n) is 11.6. The Balaban J connectivity index is 2.87. The molecular formula is C13H24BrN3. The van der Waals surface area contributed by atoms with Gasteiger partial charge in [-0.05, 0) is 17.8 Å². The van der Waals surface area contributed by atoms with E-state index in [4.69, 9.17) is 0 Å². The molecule has 1 heterocycles. The summed E-state index contributed by atoms with van der Waals surface area (Å²) in [6, 6.07) is 0. The van der Waals surface area contributed by atoms with Gasteiger partial charge in [0.2, 0.25) is 0 Å². The molecule has 1 atom stereocenters. The Kier molecular flexibility index (Phi) is 5.17. The van der Waals surface area contributed by atoms with Crippen LogP contribution in [0.25, 0.3) is 0 Å². The highest BCUT2D eigenvalue weighted by atomic mass is 79.9. The highest BCUT2D eigenvalue weighted by Gasteiger charge is 2.23. The first-order chi connectivity index (χ1) is 7.90. The monoisotopic (exact) mass is 301 g/mol. The van der Waals surface area contributed by atoms with Crippen molar-refractivity contribution in [3.63, 3.8) is 0 Å². The summed E-state index contributed by atoms with van der Waals surface area (Å²) < 4.78 is 2.26. The maximum atomic E-state index is 4.34. The van der Waals surface area contributed by atoms with Gasteiger partial charge in [-0.1, -0.05) is 50.5 Å². The second kappa shape index (κ2) is 5.98. The fraction of sp³-hybridized carbons (Fsp3) is 0.846. The molecule has 17 heavy (non-hydrogen) atoms. The minimum Gasteiger partial charge on any atom is -0.314 e. The van der Waals surface area contributed by atoms with Crippen LogP contribution in [0.2, 0.25) is 0 Å². The molecule has 0 spiro atoms. The van der Waals surface area contributed by atoms with E-state index in [9.17, 15) is 0 Å². The van der Waals surface area contributed by atoms with E-state index in [2.05, 4.69) is 65.3 Å². The van der Waals surface area contributed by atoms with Crippen LogP contribution in [0.5, 0.6) is 0 Å². The van der Waals surface area contributed by atoms with Gasteiger partial charge in [-0.15, -0.1) is 10.2 Å². The summed E-state index contributed by atoms with van der Waals surface area (Å²) in [5, 5.41) is 9.38. The van der Waals surface area contributed by atoms with Crippen LogP contribution in [0.3, 0.4) is 0 Å². The van der Waals surface area contributed by atoms with E-state index in [0.29, 0.717) is 11.3 Å². The lowest BCUT2D eigenvalue weighted by atomic mass is 9.80. The Labute approximate surface area is 113 Å². The van der Waals surface area contributed by atoms with Gasteiger partial charge >= 0.3 is 0 Å². The van der Waals surface area contributed by atoms with E-state index < -0.39 is 0 Å². The maximum Gasteiger partial charge on any atom is 0.143 e. The third kappa shape index (κ3) is 3.80. The topological polar surface area (TPSA) is 30.7 Å². The van der Waals surface area contributed by atoms with E-state index in [1.54, 1.807) is 0 Å². The van der Waals surface area contributed by atoms with Crippen LogP contribution in [-0.2, 0) is 18.3 Å². The van der Waals surface area contributed by atoms with Crippen molar-refractivity contribution < 1.29 is 0 Å². The van der Waals surface area contributed by atoms with Gasteiger partial charge in [-0.3, -0.25) is 0 Å². The SMILES string of the molecule is CCCn1c(CBr)nnc1CC(C)C(C)(C)C. The molecular weight excluding hydrogens is 278 g/mol. The Hall–Kier alpha value is -0.380. The minimum absolute atomic E-state index is 0.317. The van der Waals surface area contributed by atoms with E-state index in [1.807, 2.05) is 0 Å². The molecule has 0 fully saturated rings. The first-order valence-electron chi connectivity index (χ1n) is 6.37. The average molecular weight is 302 g/mol. The van der Waals surface area contributed by atoms with Crippen LogP contribution < -0.4 is 0 Å². The molecule has 0 amide bonds. The smallest absolute Gasteiger partial charge is 0.143 e. The third-order valence-corrected chi connectivity index (χ3v) is 3.94. The van der Waals surface area contributed by atoms with Crippen LogP contribution in [0.15, 0.2) is 0 Å². The van der Waals surface area contributed by atoms with Gasteiger partial charge in [0.1, 0.15) is 11.6 Å². The molecule has 0 aliphatic rings. The number of hydrogen-bond donors (Lipinski definition) is 0. The van der Waals surface area contributed by atoms with Crippen LogP contribution in [-0.4, -0.2) is 14.8 Å². The van der Waals surface area contributed by atoms with Crippen molar-refractivity contribution in [3.8, 4) is 0 Å². The molecule has 0 aliphatic heterocycles. The fourth-order valence-corrected chi connectivity index (χ4v) is 2.10. The van der Waals surface area contributed by atoms with Crippen molar-refractivity contribution in [2.24, 2.45) is 11.3 Å². The van der Waals surface area contributed by atoms with Crippen molar-refractivity contribution in [3.05, 3.63) is 11.6 Å². The molecule has 98 valence electrons. The normalized spacial score (nSPS) is 14.0. The van der Waals surface area contributed by atoms with Crippen molar-refractivity contribution in [1.29, 1.82) is 0 Å². The first-order valence-corrected chi connectivity index (χ1v) is 7.49. The van der Waals surface area contributed by atoms with Gasteiger partial charge < -0.3 is 4.57 Å². The van der Waals surface area contributed by atoms with Crippen LogP contribution in [0.1, 0.15) is 52.7 Å². The quantitative estimate of drug-likeness (QED) is 0.774. The highest BCUT2D eigenvalue weighted by Crippen LogP contribution is 2.28. The maximum absolute atomic E-state index is 4.34. The Bertz CT molecular complexity index is 352. The summed E-state index contributed by atoms with van der Waals surface area (Å²) in [5.41, 5.74) is 0.317. The van der Waals surface area contributed by atoms with Crippen molar-refractivity contribution in [1.82, 2.24) is 14.8 Å².